The maximum Gasteiger partial charge on any atom is 0.228 e. The second kappa shape index (κ2) is 5.61. The molecule has 3 N–H and O–H groups in total. The third-order valence-electron chi connectivity index (χ3n) is 1.35. The van der Waals surface area contributed by atoms with Crippen LogP contribution in [0.2, 0.25) is 0 Å². The highest BCUT2D eigenvalue weighted by atomic mass is 32.1. The van der Waals surface area contributed by atoms with Gasteiger partial charge in [-0.25, -0.2) is 0 Å². The molecule has 0 spiro atoms. The van der Waals surface area contributed by atoms with Crippen molar-refractivity contribution in [1.82, 2.24) is 15.0 Å². The highest BCUT2D eigenvalue weighted by Crippen LogP contribution is 2.07. The Morgan fingerprint density at radius 1 is 1.21 bits per heavy atom. The summed E-state index contributed by atoms with van der Waals surface area (Å²) in [6.07, 6.45) is 0. The second-order valence-corrected chi connectivity index (χ2v) is 2.86. The second-order valence-electron chi connectivity index (χ2n) is 2.46. The molecule has 14 heavy (non-hydrogen) atoms. The quantitative estimate of drug-likeness (QED) is 0.517. The van der Waals surface area contributed by atoms with Crippen LogP contribution in [0.1, 0.15) is 6.92 Å². The molecule has 0 saturated carbocycles. The summed E-state index contributed by atoms with van der Waals surface area (Å²) in [5.41, 5.74) is 0. The summed E-state index contributed by atoms with van der Waals surface area (Å²) in [6.45, 7) is 3.12. The molecule has 1 aromatic heterocycles. The zero-order valence-electron chi connectivity index (χ0n) is 7.86. The molecule has 0 bridgehead atoms. The standard InChI is InChI=1S/C7H13N5OS/c1-2-8-5-10-6(9-3-4-13)12-7(14)11-5/h13H,2-4H2,1H3,(H3,8,9,10,11,12,14). The molecule has 0 aliphatic carbocycles. The van der Waals surface area contributed by atoms with E-state index in [2.05, 4.69) is 38.2 Å². The molecule has 0 radical (unpaired) electrons. The molecule has 7 heteroatoms. The number of rotatable bonds is 5. The lowest BCUT2D eigenvalue weighted by molar-refractivity contribution is 0.310. The smallest absolute Gasteiger partial charge is 0.228 e. The lowest BCUT2D eigenvalue weighted by atomic mass is 10.7. The first-order valence-corrected chi connectivity index (χ1v) is 4.74. The molecular weight excluding hydrogens is 202 g/mol. The van der Waals surface area contributed by atoms with Gasteiger partial charge in [0.15, 0.2) is 5.16 Å². The number of hydrogen-bond donors (Lipinski definition) is 4. The summed E-state index contributed by atoms with van der Waals surface area (Å²) >= 11 is 4.03. The Morgan fingerprint density at radius 2 is 1.86 bits per heavy atom. The van der Waals surface area contributed by atoms with Crippen LogP contribution in [0.3, 0.4) is 0 Å². The molecule has 0 aliphatic rings. The van der Waals surface area contributed by atoms with E-state index in [4.69, 9.17) is 5.11 Å². The van der Waals surface area contributed by atoms with Gasteiger partial charge in [-0.1, -0.05) is 0 Å². The molecule has 0 atom stereocenters. The lowest BCUT2D eigenvalue weighted by Gasteiger charge is -2.05. The van der Waals surface area contributed by atoms with Crippen molar-refractivity contribution in [1.29, 1.82) is 0 Å². The van der Waals surface area contributed by atoms with E-state index in [1.165, 1.54) is 0 Å². The predicted molar refractivity (Wildman–Crippen MR) is 56.8 cm³/mol. The van der Waals surface area contributed by atoms with E-state index in [0.717, 1.165) is 6.54 Å². The minimum atomic E-state index is 0.0319. The number of hydrogen-bond acceptors (Lipinski definition) is 7. The van der Waals surface area contributed by atoms with Crippen molar-refractivity contribution in [3.05, 3.63) is 0 Å². The number of anilines is 2. The van der Waals surface area contributed by atoms with Crippen LogP contribution in [0.15, 0.2) is 5.16 Å². The number of nitrogens with one attached hydrogen (secondary N) is 2. The number of aliphatic hydroxyl groups is 1. The largest absolute Gasteiger partial charge is 0.395 e. The highest BCUT2D eigenvalue weighted by Gasteiger charge is 2.01. The molecule has 0 fully saturated rings. The monoisotopic (exact) mass is 215 g/mol. The first kappa shape index (κ1) is 11.0. The summed E-state index contributed by atoms with van der Waals surface area (Å²) in [5, 5.41) is 14.7. The Bertz CT molecular complexity index is 295. The van der Waals surface area contributed by atoms with Crippen LogP contribution in [0.5, 0.6) is 0 Å². The van der Waals surface area contributed by atoms with Gasteiger partial charge in [0.25, 0.3) is 0 Å². The molecule has 1 aromatic rings. The van der Waals surface area contributed by atoms with Gasteiger partial charge in [-0.05, 0) is 6.92 Å². The lowest BCUT2D eigenvalue weighted by Crippen LogP contribution is -2.11. The van der Waals surface area contributed by atoms with Crippen molar-refractivity contribution in [2.24, 2.45) is 0 Å². The van der Waals surface area contributed by atoms with Crippen molar-refractivity contribution in [3.63, 3.8) is 0 Å². The molecule has 0 aliphatic heterocycles. The minimum Gasteiger partial charge on any atom is -0.395 e. The van der Waals surface area contributed by atoms with Crippen LogP contribution in [0.4, 0.5) is 11.9 Å². The van der Waals surface area contributed by atoms with E-state index in [0.29, 0.717) is 23.6 Å². The van der Waals surface area contributed by atoms with Crippen molar-refractivity contribution >= 4 is 24.5 Å². The zero-order chi connectivity index (χ0) is 10.4. The Labute approximate surface area is 87.6 Å². The van der Waals surface area contributed by atoms with E-state index < -0.39 is 0 Å². The third-order valence-corrected chi connectivity index (χ3v) is 1.55. The highest BCUT2D eigenvalue weighted by molar-refractivity contribution is 7.80. The first-order chi connectivity index (χ1) is 6.76. The zero-order valence-corrected chi connectivity index (χ0v) is 8.75. The third kappa shape index (κ3) is 3.35. The van der Waals surface area contributed by atoms with Gasteiger partial charge in [-0.3, -0.25) is 0 Å². The average Bonchev–Trinajstić information content (AvgIpc) is 2.14. The van der Waals surface area contributed by atoms with Gasteiger partial charge >= 0.3 is 0 Å². The molecule has 6 nitrogen and oxygen atoms in total. The fourth-order valence-corrected chi connectivity index (χ4v) is 1.04. The summed E-state index contributed by atoms with van der Waals surface area (Å²) in [5.74, 6) is 0.892. The van der Waals surface area contributed by atoms with Crippen LogP contribution in [0, 0.1) is 0 Å². The average molecular weight is 215 g/mol. The number of thiol groups is 1. The summed E-state index contributed by atoms with van der Waals surface area (Å²) in [4.78, 5) is 11.9. The molecule has 0 amide bonds. The Kier molecular flexibility index (Phi) is 4.41. The summed E-state index contributed by atoms with van der Waals surface area (Å²) in [6, 6.07) is 0. The van der Waals surface area contributed by atoms with Gasteiger partial charge in [0.1, 0.15) is 0 Å². The molecular formula is C7H13N5OS. The van der Waals surface area contributed by atoms with E-state index >= 15 is 0 Å². The van der Waals surface area contributed by atoms with Gasteiger partial charge in [-0.15, -0.1) is 12.6 Å². The topological polar surface area (TPSA) is 83.0 Å². The fourth-order valence-electron chi connectivity index (χ4n) is 0.849. The van der Waals surface area contributed by atoms with Crippen molar-refractivity contribution < 1.29 is 5.11 Å². The molecule has 0 saturated heterocycles. The van der Waals surface area contributed by atoms with Crippen LogP contribution in [-0.4, -0.2) is 39.8 Å². The maximum absolute atomic E-state index is 8.60. The normalized spacial score (nSPS) is 9.93. The van der Waals surface area contributed by atoms with Crippen LogP contribution in [0.25, 0.3) is 0 Å². The van der Waals surface area contributed by atoms with E-state index in [9.17, 15) is 0 Å². The van der Waals surface area contributed by atoms with Crippen molar-refractivity contribution in [2.45, 2.75) is 12.1 Å². The number of aromatic nitrogens is 3. The van der Waals surface area contributed by atoms with Crippen molar-refractivity contribution in [2.75, 3.05) is 30.3 Å². The van der Waals surface area contributed by atoms with Crippen LogP contribution in [-0.2, 0) is 0 Å². The molecule has 1 heterocycles. The van der Waals surface area contributed by atoms with Gasteiger partial charge in [0.2, 0.25) is 11.9 Å². The molecule has 0 aromatic carbocycles. The fraction of sp³-hybridized carbons (Fsp3) is 0.571. The van der Waals surface area contributed by atoms with E-state index in [1.54, 1.807) is 0 Å². The van der Waals surface area contributed by atoms with Gasteiger partial charge in [0.05, 0.1) is 6.61 Å². The number of nitrogens with zero attached hydrogens (tertiary/aromatic N) is 3. The predicted octanol–water partition coefficient (Wildman–Crippen LogP) is -0.00370. The molecule has 1 rings (SSSR count). The first-order valence-electron chi connectivity index (χ1n) is 4.30. The molecule has 78 valence electrons. The Hall–Kier alpha value is -1.08. The van der Waals surface area contributed by atoms with Gasteiger partial charge in [0, 0.05) is 13.1 Å². The SMILES string of the molecule is CCNc1nc(S)nc(NCCO)n1. The van der Waals surface area contributed by atoms with Crippen molar-refractivity contribution in [3.8, 4) is 0 Å². The van der Waals surface area contributed by atoms with Gasteiger partial charge in [-0.2, -0.15) is 15.0 Å². The summed E-state index contributed by atoms with van der Waals surface area (Å²) < 4.78 is 0. The Balaban J connectivity index is 2.73. The van der Waals surface area contributed by atoms with E-state index in [-0.39, 0.29) is 6.61 Å². The molecule has 0 unspecified atom stereocenters. The van der Waals surface area contributed by atoms with E-state index in [1.807, 2.05) is 6.92 Å². The van der Waals surface area contributed by atoms with Gasteiger partial charge < -0.3 is 15.7 Å². The summed E-state index contributed by atoms with van der Waals surface area (Å²) in [7, 11) is 0. The number of aliphatic hydroxyl groups excluding tert-OH is 1. The van der Waals surface area contributed by atoms with Crippen LogP contribution < -0.4 is 10.6 Å². The maximum atomic E-state index is 8.60. The Morgan fingerprint density at radius 3 is 2.43 bits per heavy atom. The van der Waals surface area contributed by atoms with Crippen LogP contribution >= 0.6 is 12.6 Å². The minimum absolute atomic E-state index is 0.0319.